The van der Waals surface area contributed by atoms with Crippen molar-refractivity contribution >= 4 is 46.4 Å². The third kappa shape index (κ3) is 40.9. The summed E-state index contributed by atoms with van der Waals surface area (Å²) in [5, 5.41) is 2.84. The summed E-state index contributed by atoms with van der Waals surface area (Å²) in [6.45, 7) is 46.0. The van der Waals surface area contributed by atoms with Crippen molar-refractivity contribution in [3.05, 3.63) is 261 Å². The number of halogens is 8. The standard InChI is InChI=1S/C8H8Cl2.C8H8ClF.C8H9Cl.C8H8F2.C8H9F.C8H16.C8H10.C7H9N.C7H14O.C6H8N2.C6H12O2/c2*1-5-3-7(9)6(2)8(10)4-5;1-6-3-4-7(2)8(9)5-6;1-5-3-7(9)6(2)8(10)4-5;1-6-3-4-7(2)8(9)5-6;2*1-7-3-5-8(2)6-4-7;2*1-6-3-4-7(2)8-5-6;2*1-5-3-7-6(2)8-4-5/h2*3-4H,1-2H3;3-5H,1-2H3;3-4H,1-2H3;3-5H,1-2H3;7-8H,3-6H2,1-2H3;3-6H,1-2H3;3-5H,1-2H3;6-7H,3-5H2,1-2H3;3-4H,1-2H3;5-6H,3-4H2,1-2H3. The van der Waals surface area contributed by atoms with Crippen molar-refractivity contribution in [2.45, 2.75) is 203 Å². The summed E-state index contributed by atoms with van der Waals surface area (Å²) in [4.78, 5) is 12.0. The predicted molar refractivity (Wildman–Crippen MR) is 402 cm³/mol. The molecule has 0 radical (unpaired) electrons. The Morgan fingerprint density at radius 1 is 0.312 bits per heavy atom. The van der Waals surface area contributed by atoms with Crippen molar-refractivity contribution < 1.29 is 31.8 Å². The number of hydrogen-bond donors (Lipinski definition) is 0. The summed E-state index contributed by atoms with van der Waals surface area (Å²) in [7, 11) is 0. The fraction of sp³-hybridized carbons (Fsp3) is 0.451. The maximum Gasteiger partial charge on any atom is 0.154 e. The molecule has 2 saturated heterocycles. The largest absolute Gasteiger partial charge is 0.378 e. The van der Waals surface area contributed by atoms with Crippen LogP contribution in [0.2, 0.25) is 20.1 Å². The van der Waals surface area contributed by atoms with Gasteiger partial charge in [-0.1, -0.05) is 166 Å². The summed E-state index contributed by atoms with van der Waals surface area (Å²) in [6, 6.07) is 33.5. The number of pyridine rings is 1. The topological polar surface area (TPSA) is 66.4 Å². The zero-order valence-corrected chi connectivity index (χ0v) is 64.6. The minimum Gasteiger partial charge on any atom is -0.378 e. The summed E-state index contributed by atoms with van der Waals surface area (Å²) in [5.74, 6) is 2.94. The molecule has 11 rings (SSSR count). The van der Waals surface area contributed by atoms with Gasteiger partial charge in [0.05, 0.1) is 19.3 Å². The quantitative estimate of drug-likeness (QED) is 0.141. The number of hydrogen-bond acceptors (Lipinski definition) is 6. The Morgan fingerprint density at radius 2 is 0.667 bits per heavy atom. The molecule has 2 aliphatic heterocycles. The van der Waals surface area contributed by atoms with Gasteiger partial charge < -0.3 is 14.2 Å². The van der Waals surface area contributed by atoms with Crippen LogP contribution >= 0.6 is 46.4 Å². The molecule has 14 heteroatoms. The predicted octanol–water partition coefficient (Wildman–Crippen LogP) is 25.5. The highest BCUT2D eigenvalue weighted by Gasteiger charge is 2.15. The van der Waals surface area contributed by atoms with Gasteiger partial charge in [0, 0.05) is 68.0 Å². The average molecular weight is 1400 g/mol. The molecule has 6 nitrogen and oxygen atoms in total. The number of nitrogens with zero attached hydrogens (tertiary/aromatic N) is 3. The monoisotopic (exact) mass is 1400 g/mol. The molecular weight excluding hydrogens is 1290 g/mol. The second-order valence-electron chi connectivity index (χ2n) is 26.0. The molecule has 1 aliphatic carbocycles. The van der Waals surface area contributed by atoms with Gasteiger partial charge in [0.2, 0.25) is 0 Å². The van der Waals surface area contributed by atoms with E-state index in [1.54, 1.807) is 32.9 Å². The van der Waals surface area contributed by atoms with Crippen molar-refractivity contribution in [3.63, 3.8) is 0 Å². The molecule has 1 saturated carbocycles. The first-order chi connectivity index (χ1) is 45.0. The van der Waals surface area contributed by atoms with E-state index in [-0.39, 0.29) is 23.5 Å². The molecule has 2 aromatic heterocycles. The van der Waals surface area contributed by atoms with Crippen molar-refractivity contribution in [2.24, 2.45) is 23.7 Å². The lowest BCUT2D eigenvalue weighted by Gasteiger charge is -2.24. The second-order valence-corrected chi connectivity index (χ2v) is 27.7. The first-order valence-electron chi connectivity index (χ1n) is 33.2. The van der Waals surface area contributed by atoms with Crippen LogP contribution < -0.4 is 0 Å². The molecular formula is C82H111Cl4F4N3O3. The van der Waals surface area contributed by atoms with E-state index in [1.807, 2.05) is 131 Å². The summed E-state index contributed by atoms with van der Waals surface area (Å²) in [6.07, 6.45) is 14.5. The van der Waals surface area contributed by atoms with E-state index >= 15 is 0 Å². The van der Waals surface area contributed by atoms with Gasteiger partial charge in [-0.15, -0.1) is 0 Å². The fourth-order valence-corrected chi connectivity index (χ4v) is 9.58. The Balaban J connectivity index is 0.000000529. The van der Waals surface area contributed by atoms with E-state index in [1.165, 1.54) is 92.0 Å². The van der Waals surface area contributed by atoms with E-state index in [4.69, 9.17) is 60.6 Å². The van der Waals surface area contributed by atoms with Crippen molar-refractivity contribution in [1.29, 1.82) is 0 Å². The lowest BCUT2D eigenvalue weighted by Crippen LogP contribution is -2.27. The molecule has 8 aromatic rings. The minimum atomic E-state index is -0.475. The van der Waals surface area contributed by atoms with Crippen LogP contribution in [-0.2, 0) is 14.2 Å². The SMILES string of the molecule is CC1CCC(C)CC1.CC1CCC(C)OC1.CC1COC(C)OC1.Cc1cc(Cl)c(C)c(Cl)c1.Cc1cc(F)c(C)c(Cl)c1.Cc1cc(F)c(C)c(F)c1.Cc1ccc(C)c(Cl)c1.Cc1ccc(C)c(F)c1.Cc1ccc(C)cc1.Cc1ccc(C)nc1.Cc1cnc(C)nc1. The van der Waals surface area contributed by atoms with Gasteiger partial charge >= 0.3 is 0 Å². The average Bonchev–Trinajstić information content (AvgIpc) is 1.20. The van der Waals surface area contributed by atoms with Gasteiger partial charge in [0.1, 0.15) is 29.1 Å². The number of aromatic nitrogens is 3. The molecule has 0 bridgehead atoms. The Morgan fingerprint density at radius 3 is 1.02 bits per heavy atom. The van der Waals surface area contributed by atoms with E-state index in [0.29, 0.717) is 33.7 Å². The highest BCUT2D eigenvalue weighted by molar-refractivity contribution is 6.36. The van der Waals surface area contributed by atoms with Crippen LogP contribution in [0.15, 0.2) is 128 Å². The van der Waals surface area contributed by atoms with Gasteiger partial charge in [0.25, 0.3) is 0 Å². The third-order valence-electron chi connectivity index (χ3n) is 15.4. The molecule has 0 N–H and O–H groups in total. The third-order valence-corrected chi connectivity index (χ3v) is 17.0. The van der Waals surface area contributed by atoms with Crippen LogP contribution in [0.5, 0.6) is 0 Å². The first-order valence-corrected chi connectivity index (χ1v) is 34.7. The molecule has 3 aliphatic rings. The van der Waals surface area contributed by atoms with Crippen molar-refractivity contribution in [1.82, 2.24) is 15.0 Å². The first kappa shape index (κ1) is 88.3. The Hall–Kier alpha value is -5.69. The maximum atomic E-state index is 12.8. The molecule has 2 unspecified atom stereocenters. The fourth-order valence-electron chi connectivity index (χ4n) is 8.48. The molecule has 4 heterocycles. The smallest absolute Gasteiger partial charge is 0.154 e. The van der Waals surface area contributed by atoms with Crippen molar-refractivity contribution in [3.8, 4) is 0 Å². The van der Waals surface area contributed by atoms with Gasteiger partial charge in [-0.25, -0.2) is 27.5 Å². The zero-order valence-electron chi connectivity index (χ0n) is 61.5. The van der Waals surface area contributed by atoms with Crippen LogP contribution in [0, 0.1) is 158 Å². The maximum absolute atomic E-state index is 12.8. The minimum absolute atomic E-state index is 0.0196. The van der Waals surface area contributed by atoms with E-state index in [2.05, 4.69) is 99.8 Å². The van der Waals surface area contributed by atoms with Gasteiger partial charge in [0.15, 0.2) is 6.29 Å². The molecule has 6 aromatic carbocycles. The van der Waals surface area contributed by atoms with Crippen LogP contribution in [0.25, 0.3) is 0 Å². The van der Waals surface area contributed by atoms with E-state index in [9.17, 15) is 17.6 Å². The van der Waals surface area contributed by atoms with Crippen LogP contribution in [0.3, 0.4) is 0 Å². The van der Waals surface area contributed by atoms with Crippen LogP contribution in [0.4, 0.5) is 17.6 Å². The second kappa shape index (κ2) is 48.1. The molecule has 3 fully saturated rings. The lowest BCUT2D eigenvalue weighted by atomic mass is 9.84. The number of ether oxygens (including phenoxy) is 3. The summed E-state index contributed by atoms with van der Waals surface area (Å²) < 4.78 is 66.3. The molecule has 0 amide bonds. The highest BCUT2D eigenvalue weighted by Crippen LogP contribution is 2.28. The Bertz CT molecular complexity index is 2940. The molecule has 528 valence electrons. The van der Waals surface area contributed by atoms with Crippen molar-refractivity contribution in [2.75, 3.05) is 19.8 Å². The van der Waals surface area contributed by atoms with Gasteiger partial charge in [-0.05, 0) is 265 Å². The van der Waals surface area contributed by atoms with Crippen LogP contribution in [-0.4, -0.2) is 47.2 Å². The van der Waals surface area contributed by atoms with E-state index in [0.717, 1.165) is 97.5 Å². The number of rotatable bonds is 0. The summed E-state index contributed by atoms with van der Waals surface area (Å²) >= 11 is 23.2. The van der Waals surface area contributed by atoms with E-state index < -0.39 is 11.6 Å². The lowest BCUT2D eigenvalue weighted by molar-refractivity contribution is -0.187. The zero-order chi connectivity index (χ0) is 72.8. The molecule has 2 atom stereocenters. The van der Waals surface area contributed by atoms with Gasteiger partial charge in [-0.3, -0.25) is 4.98 Å². The number of benzene rings is 6. The Kier molecular flexibility index (Phi) is 44.3. The number of aryl methyl sites for hydroxylation is 13. The van der Waals surface area contributed by atoms with Crippen LogP contribution in [0.1, 0.15) is 169 Å². The Labute approximate surface area is 596 Å². The van der Waals surface area contributed by atoms with Gasteiger partial charge in [-0.2, -0.15) is 0 Å². The molecule has 96 heavy (non-hydrogen) atoms. The highest BCUT2D eigenvalue weighted by atomic mass is 35.5. The summed E-state index contributed by atoms with van der Waals surface area (Å²) in [5.41, 5.74) is 14.2. The molecule has 0 spiro atoms. The normalized spacial score (nSPS) is 17.2.